The maximum absolute atomic E-state index is 14.3. The Labute approximate surface area is 141 Å². The summed E-state index contributed by atoms with van der Waals surface area (Å²) in [6.45, 7) is 7.47. The summed E-state index contributed by atoms with van der Waals surface area (Å²) in [6, 6.07) is 4.59. The summed E-state index contributed by atoms with van der Waals surface area (Å²) in [7, 11) is 0. The molecule has 0 saturated carbocycles. The number of carbonyl (C=O) groups is 1. The molecule has 6 nitrogen and oxygen atoms in total. The normalized spacial score (nSPS) is 24.0. The van der Waals surface area contributed by atoms with E-state index in [1.54, 1.807) is 17.0 Å². The lowest BCUT2D eigenvalue weighted by atomic mass is 10.1. The third-order valence-electron chi connectivity index (χ3n) is 4.23. The number of fused-ring (bicyclic) bond motifs is 1. The van der Waals surface area contributed by atoms with Gasteiger partial charge in [0.1, 0.15) is 11.4 Å². The predicted octanol–water partition coefficient (Wildman–Crippen LogP) is 2.23. The van der Waals surface area contributed by atoms with Crippen LogP contribution in [0.15, 0.2) is 18.2 Å². The number of hydrogen-bond acceptors (Lipinski definition) is 5. The number of nitrogens with zero attached hydrogens (tertiary/aromatic N) is 2. The van der Waals surface area contributed by atoms with Crippen molar-refractivity contribution in [1.82, 2.24) is 4.90 Å². The highest BCUT2D eigenvalue weighted by molar-refractivity contribution is 5.69. The fraction of sp³-hybridized carbons (Fsp3) is 0.588. The highest BCUT2D eigenvalue weighted by Gasteiger charge is 2.43. The summed E-state index contributed by atoms with van der Waals surface area (Å²) >= 11 is 0. The standard InChI is InChI=1S/C17H24FN3O3/c1-17(2,3)24-16(22)20-9-14-15(10-20)23-7-6-21(14)13-5-4-11(19)8-12(13)18/h4-5,8,14-15H,6-7,9-10,19H2,1-3H3. The molecule has 2 atom stereocenters. The van der Waals surface area contributed by atoms with Gasteiger partial charge in [0.25, 0.3) is 0 Å². The van der Waals surface area contributed by atoms with Crippen LogP contribution < -0.4 is 10.6 Å². The van der Waals surface area contributed by atoms with Crippen LogP contribution in [0.2, 0.25) is 0 Å². The van der Waals surface area contributed by atoms with Crippen LogP contribution in [-0.4, -0.2) is 55.0 Å². The van der Waals surface area contributed by atoms with E-state index < -0.39 is 5.60 Å². The van der Waals surface area contributed by atoms with Crippen molar-refractivity contribution in [3.8, 4) is 0 Å². The minimum absolute atomic E-state index is 0.0932. The van der Waals surface area contributed by atoms with Crippen molar-refractivity contribution in [2.24, 2.45) is 0 Å². The van der Waals surface area contributed by atoms with E-state index in [4.69, 9.17) is 15.2 Å². The van der Waals surface area contributed by atoms with Crippen LogP contribution >= 0.6 is 0 Å². The number of amides is 1. The predicted molar refractivity (Wildman–Crippen MR) is 89.5 cm³/mol. The third-order valence-corrected chi connectivity index (χ3v) is 4.23. The number of nitrogens with two attached hydrogens (primary N) is 1. The number of nitrogen functional groups attached to an aromatic ring is 1. The van der Waals surface area contributed by atoms with Crippen LogP contribution in [0, 0.1) is 5.82 Å². The summed E-state index contributed by atoms with van der Waals surface area (Å²) in [6.07, 6.45) is -0.513. The summed E-state index contributed by atoms with van der Waals surface area (Å²) in [5.41, 5.74) is 5.97. The fourth-order valence-corrected chi connectivity index (χ4v) is 3.22. The molecule has 2 heterocycles. The van der Waals surface area contributed by atoms with E-state index in [0.29, 0.717) is 37.6 Å². The van der Waals surface area contributed by atoms with Gasteiger partial charge >= 0.3 is 6.09 Å². The van der Waals surface area contributed by atoms with Crippen molar-refractivity contribution in [2.75, 3.05) is 36.9 Å². The van der Waals surface area contributed by atoms with Crippen molar-refractivity contribution in [3.05, 3.63) is 24.0 Å². The first-order chi connectivity index (χ1) is 11.2. The number of anilines is 2. The van der Waals surface area contributed by atoms with E-state index in [2.05, 4.69) is 0 Å². The average Bonchev–Trinajstić information content (AvgIpc) is 2.90. The first-order valence-electron chi connectivity index (χ1n) is 8.16. The van der Waals surface area contributed by atoms with Crippen LogP contribution in [0.3, 0.4) is 0 Å². The van der Waals surface area contributed by atoms with Gasteiger partial charge in [-0.25, -0.2) is 9.18 Å². The topological polar surface area (TPSA) is 68.0 Å². The smallest absolute Gasteiger partial charge is 0.410 e. The number of halogens is 1. The van der Waals surface area contributed by atoms with E-state index in [0.717, 1.165) is 0 Å². The van der Waals surface area contributed by atoms with E-state index in [1.807, 2.05) is 25.7 Å². The number of benzene rings is 1. The van der Waals surface area contributed by atoms with Crippen LogP contribution in [0.4, 0.5) is 20.6 Å². The van der Waals surface area contributed by atoms with Crippen molar-refractivity contribution < 1.29 is 18.7 Å². The first-order valence-corrected chi connectivity index (χ1v) is 8.16. The summed E-state index contributed by atoms with van der Waals surface area (Å²) in [5, 5.41) is 0. The lowest BCUT2D eigenvalue weighted by Gasteiger charge is -2.38. The van der Waals surface area contributed by atoms with Crippen LogP contribution in [-0.2, 0) is 9.47 Å². The molecule has 132 valence electrons. The van der Waals surface area contributed by atoms with E-state index >= 15 is 0 Å². The van der Waals surface area contributed by atoms with Crippen molar-refractivity contribution >= 4 is 17.5 Å². The van der Waals surface area contributed by atoms with E-state index in [9.17, 15) is 9.18 Å². The molecule has 0 spiro atoms. The number of morpholine rings is 1. The monoisotopic (exact) mass is 337 g/mol. The van der Waals surface area contributed by atoms with Gasteiger partial charge in [-0.2, -0.15) is 0 Å². The molecule has 7 heteroatoms. The second kappa shape index (κ2) is 6.12. The summed E-state index contributed by atoms with van der Waals surface area (Å²) in [4.78, 5) is 15.9. The second-order valence-electron chi connectivity index (χ2n) is 7.27. The van der Waals surface area contributed by atoms with Gasteiger partial charge < -0.3 is 25.0 Å². The Morgan fingerprint density at radius 1 is 1.38 bits per heavy atom. The van der Waals surface area contributed by atoms with Crippen LogP contribution in [0.5, 0.6) is 0 Å². The molecule has 2 aliphatic heterocycles. The van der Waals surface area contributed by atoms with Crippen LogP contribution in [0.1, 0.15) is 20.8 Å². The Balaban J connectivity index is 1.77. The highest BCUT2D eigenvalue weighted by atomic mass is 19.1. The molecule has 0 radical (unpaired) electrons. The van der Waals surface area contributed by atoms with Crippen molar-refractivity contribution in [3.63, 3.8) is 0 Å². The van der Waals surface area contributed by atoms with E-state index in [-0.39, 0.29) is 24.1 Å². The average molecular weight is 337 g/mol. The summed E-state index contributed by atoms with van der Waals surface area (Å²) in [5.74, 6) is -0.355. The Hall–Kier alpha value is -2.02. The molecule has 2 fully saturated rings. The van der Waals surface area contributed by atoms with Gasteiger partial charge in [0, 0.05) is 18.8 Å². The minimum Gasteiger partial charge on any atom is -0.444 e. The minimum atomic E-state index is -0.547. The largest absolute Gasteiger partial charge is 0.444 e. The van der Waals surface area contributed by atoms with Crippen molar-refractivity contribution in [2.45, 2.75) is 38.5 Å². The zero-order valence-electron chi connectivity index (χ0n) is 14.3. The Bertz CT molecular complexity index is 632. The van der Waals surface area contributed by atoms with Gasteiger partial charge in [0.2, 0.25) is 0 Å². The van der Waals surface area contributed by atoms with Gasteiger partial charge in [0.15, 0.2) is 0 Å². The van der Waals surface area contributed by atoms with Gasteiger partial charge in [-0.1, -0.05) is 0 Å². The van der Waals surface area contributed by atoms with Gasteiger partial charge in [-0.05, 0) is 39.0 Å². The maximum atomic E-state index is 14.3. The van der Waals surface area contributed by atoms with Crippen molar-refractivity contribution in [1.29, 1.82) is 0 Å². The molecule has 2 N–H and O–H groups in total. The molecule has 2 saturated heterocycles. The Morgan fingerprint density at radius 2 is 2.12 bits per heavy atom. The van der Waals surface area contributed by atoms with Gasteiger partial charge in [0.05, 0.1) is 31.0 Å². The van der Waals surface area contributed by atoms with Crippen LogP contribution in [0.25, 0.3) is 0 Å². The van der Waals surface area contributed by atoms with Gasteiger partial charge in [-0.15, -0.1) is 0 Å². The second-order valence-corrected chi connectivity index (χ2v) is 7.27. The highest BCUT2D eigenvalue weighted by Crippen LogP contribution is 2.31. The zero-order chi connectivity index (χ0) is 17.5. The fourth-order valence-electron chi connectivity index (χ4n) is 3.22. The number of likely N-dealkylation sites (tertiary alicyclic amines) is 1. The number of hydrogen-bond donors (Lipinski definition) is 1. The Kier molecular flexibility index (Phi) is 4.29. The number of rotatable bonds is 1. The SMILES string of the molecule is CC(C)(C)OC(=O)N1CC2OCCN(c3ccc(N)cc3F)C2C1. The third kappa shape index (κ3) is 3.40. The molecule has 1 aromatic rings. The molecule has 1 amide bonds. The number of ether oxygens (including phenoxy) is 2. The quantitative estimate of drug-likeness (QED) is 0.796. The molecular weight excluding hydrogens is 313 g/mol. The summed E-state index contributed by atoms with van der Waals surface area (Å²) < 4.78 is 25.5. The molecule has 0 aliphatic carbocycles. The molecular formula is C17H24FN3O3. The number of carbonyl (C=O) groups excluding carboxylic acids is 1. The van der Waals surface area contributed by atoms with Gasteiger partial charge in [-0.3, -0.25) is 0 Å². The molecule has 24 heavy (non-hydrogen) atoms. The molecule has 2 unspecified atom stereocenters. The molecule has 1 aromatic carbocycles. The zero-order valence-corrected chi connectivity index (χ0v) is 14.3. The maximum Gasteiger partial charge on any atom is 0.410 e. The first kappa shape index (κ1) is 16.8. The molecule has 2 aliphatic rings. The Morgan fingerprint density at radius 3 is 2.79 bits per heavy atom. The van der Waals surface area contributed by atoms with E-state index in [1.165, 1.54) is 6.07 Å². The lowest BCUT2D eigenvalue weighted by molar-refractivity contribution is 0.0162. The molecule has 3 rings (SSSR count). The molecule has 0 aromatic heterocycles. The molecule has 0 bridgehead atoms. The lowest BCUT2D eigenvalue weighted by Crippen LogP contribution is -2.51.